The second-order valence-corrected chi connectivity index (χ2v) is 7.43. The lowest BCUT2D eigenvalue weighted by atomic mass is 10.1. The highest BCUT2D eigenvalue weighted by Gasteiger charge is 2.26. The van der Waals surface area contributed by atoms with E-state index < -0.39 is 0 Å². The Bertz CT molecular complexity index is 587. The molecule has 2 aromatic rings. The number of thiazole rings is 1. The zero-order valence-corrected chi connectivity index (χ0v) is 13.7. The van der Waals surface area contributed by atoms with Gasteiger partial charge in [0.2, 0.25) is 0 Å². The van der Waals surface area contributed by atoms with E-state index in [1.807, 2.05) is 22.3 Å². The van der Waals surface area contributed by atoms with E-state index in [0.29, 0.717) is 6.04 Å². The molecule has 2 aliphatic rings. The van der Waals surface area contributed by atoms with Gasteiger partial charge < -0.3 is 0 Å². The SMILES string of the molecule is c1ncn(CC2CCCN2Cc2csc(C3CCCC3)n2)n1. The van der Waals surface area contributed by atoms with Crippen LogP contribution in [0.2, 0.25) is 0 Å². The predicted molar refractivity (Wildman–Crippen MR) is 86.8 cm³/mol. The molecule has 1 unspecified atom stereocenters. The van der Waals surface area contributed by atoms with Gasteiger partial charge >= 0.3 is 0 Å². The van der Waals surface area contributed by atoms with Crippen LogP contribution in [0.4, 0.5) is 0 Å². The van der Waals surface area contributed by atoms with E-state index in [4.69, 9.17) is 4.98 Å². The van der Waals surface area contributed by atoms with E-state index in [0.717, 1.165) is 19.0 Å². The Balaban J connectivity index is 1.39. The summed E-state index contributed by atoms with van der Waals surface area (Å²) in [4.78, 5) is 11.5. The summed E-state index contributed by atoms with van der Waals surface area (Å²) < 4.78 is 1.95. The summed E-state index contributed by atoms with van der Waals surface area (Å²) in [5.41, 5.74) is 1.26. The van der Waals surface area contributed by atoms with E-state index in [1.54, 1.807) is 6.33 Å². The maximum absolute atomic E-state index is 4.93. The number of aromatic nitrogens is 4. The van der Waals surface area contributed by atoms with Gasteiger partial charge in [0.25, 0.3) is 0 Å². The first-order chi connectivity index (χ1) is 10.9. The largest absolute Gasteiger partial charge is 0.293 e. The fourth-order valence-corrected chi connectivity index (χ4v) is 4.80. The topological polar surface area (TPSA) is 46.8 Å². The summed E-state index contributed by atoms with van der Waals surface area (Å²) in [6.45, 7) is 3.11. The Kier molecular flexibility index (Phi) is 4.21. The fraction of sp³-hybridized carbons (Fsp3) is 0.688. The van der Waals surface area contributed by atoms with Gasteiger partial charge in [0.05, 0.1) is 17.2 Å². The van der Waals surface area contributed by atoms with Crippen molar-refractivity contribution in [3.05, 3.63) is 28.7 Å². The Morgan fingerprint density at radius 1 is 1.18 bits per heavy atom. The molecule has 1 atom stereocenters. The van der Waals surface area contributed by atoms with Gasteiger partial charge in [0, 0.05) is 23.9 Å². The lowest BCUT2D eigenvalue weighted by Crippen LogP contribution is -2.32. The van der Waals surface area contributed by atoms with Crippen LogP contribution in [0.15, 0.2) is 18.0 Å². The molecule has 0 amide bonds. The van der Waals surface area contributed by atoms with E-state index in [2.05, 4.69) is 20.4 Å². The van der Waals surface area contributed by atoms with Crippen LogP contribution in [-0.2, 0) is 13.1 Å². The van der Waals surface area contributed by atoms with E-state index in [9.17, 15) is 0 Å². The third-order valence-electron chi connectivity index (χ3n) is 5.00. The van der Waals surface area contributed by atoms with Crippen molar-refractivity contribution in [3.63, 3.8) is 0 Å². The van der Waals surface area contributed by atoms with Crippen LogP contribution in [0.1, 0.15) is 55.1 Å². The molecule has 4 rings (SSSR count). The van der Waals surface area contributed by atoms with Crippen molar-refractivity contribution < 1.29 is 0 Å². The monoisotopic (exact) mass is 317 g/mol. The molecular formula is C16H23N5S. The van der Waals surface area contributed by atoms with Crippen LogP contribution < -0.4 is 0 Å². The third-order valence-corrected chi connectivity index (χ3v) is 6.06. The van der Waals surface area contributed by atoms with Gasteiger partial charge in [0.1, 0.15) is 12.7 Å². The summed E-state index contributed by atoms with van der Waals surface area (Å²) in [6, 6.07) is 0.568. The molecule has 1 aliphatic carbocycles. The van der Waals surface area contributed by atoms with Crippen LogP contribution in [0.25, 0.3) is 0 Å². The minimum absolute atomic E-state index is 0.568. The minimum Gasteiger partial charge on any atom is -0.293 e. The molecule has 0 bridgehead atoms. The molecule has 5 nitrogen and oxygen atoms in total. The Morgan fingerprint density at radius 2 is 2.09 bits per heavy atom. The molecule has 2 aromatic heterocycles. The van der Waals surface area contributed by atoms with Crippen molar-refractivity contribution in [2.45, 2.75) is 63.6 Å². The highest BCUT2D eigenvalue weighted by atomic mass is 32.1. The molecule has 0 spiro atoms. The van der Waals surface area contributed by atoms with Crippen molar-refractivity contribution in [2.75, 3.05) is 6.54 Å². The molecule has 1 saturated carbocycles. The molecule has 22 heavy (non-hydrogen) atoms. The molecule has 1 aliphatic heterocycles. The maximum Gasteiger partial charge on any atom is 0.137 e. The first-order valence-electron chi connectivity index (χ1n) is 8.39. The quantitative estimate of drug-likeness (QED) is 0.850. The highest BCUT2D eigenvalue weighted by Crippen LogP contribution is 2.36. The van der Waals surface area contributed by atoms with Crippen LogP contribution >= 0.6 is 11.3 Å². The molecule has 1 saturated heterocycles. The number of hydrogen-bond donors (Lipinski definition) is 0. The van der Waals surface area contributed by atoms with E-state index >= 15 is 0 Å². The standard InChI is InChI=1S/C16H23N5S/c1-2-5-13(4-1)16-19-14(10-22-16)8-20-7-3-6-15(20)9-21-12-17-11-18-21/h10-13,15H,1-9H2. The summed E-state index contributed by atoms with van der Waals surface area (Å²) in [5, 5.41) is 7.89. The number of hydrogen-bond acceptors (Lipinski definition) is 5. The molecule has 3 heterocycles. The van der Waals surface area contributed by atoms with E-state index in [-0.39, 0.29) is 0 Å². The first-order valence-corrected chi connectivity index (χ1v) is 9.27. The van der Waals surface area contributed by atoms with Crippen LogP contribution in [-0.4, -0.2) is 37.2 Å². The average Bonchev–Trinajstić information content (AvgIpc) is 3.28. The molecule has 2 fully saturated rings. The van der Waals surface area contributed by atoms with E-state index in [1.165, 1.54) is 55.8 Å². The normalized spacial score (nSPS) is 23.5. The van der Waals surface area contributed by atoms with Crippen LogP contribution in [0.5, 0.6) is 0 Å². The summed E-state index contributed by atoms with van der Waals surface area (Å²) in [7, 11) is 0. The summed E-state index contributed by atoms with van der Waals surface area (Å²) in [6.07, 6.45) is 11.4. The van der Waals surface area contributed by atoms with Gasteiger partial charge in [-0.2, -0.15) is 5.10 Å². The van der Waals surface area contributed by atoms with Crippen molar-refractivity contribution >= 4 is 11.3 Å². The van der Waals surface area contributed by atoms with Crippen molar-refractivity contribution in [1.29, 1.82) is 0 Å². The van der Waals surface area contributed by atoms with Gasteiger partial charge in [-0.05, 0) is 32.2 Å². The zero-order chi connectivity index (χ0) is 14.8. The van der Waals surface area contributed by atoms with Gasteiger partial charge in [-0.1, -0.05) is 12.8 Å². The molecule has 6 heteroatoms. The second-order valence-electron chi connectivity index (χ2n) is 6.54. The molecule has 0 aromatic carbocycles. The fourth-order valence-electron chi connectivity index (χ4n) is 3.82. The van der Waals surface area contributed by atoms with Crippen molar-refractivity contribution in [3.8, 4) is 0 Å². The third kappa shape index (κ3) is 3.08. The first kappa shape index (κ1) is 14.3. The minimum atomic E-state index is 0.568. The number of likely N-dealkylation sites (tertiary alicyclic amines) is 1. The van der Waals surface area contributed by atoms with Gasteiger partial charge in [-0.15, -0.1) is 11.3 Å². The Morgan fingerprint density at radius 3 is 2.91 bits per heavy atom. The second kappa shape index (κ2) is 6.46. The van der Waals surface area contributed by atoms with Crippen LogP contribution in [0, 0.1) is 0 Å². The summed E-state index contributed by atoms with van der Waals surface area (Å²) in [5.74, 6) is 0.739. The number of nitrogens with zero attached hydrogens (tertiary/aromatic N) is 5. The van der Waals surface area contributed by atoms with Gasteiger partial charge in [0.15, 0.2) is 0 Å². The Labute approximate surface area is 135 Å². The average molecular weight is 317 g/mol. The molecule has 0 N–H and O–H groups in total. The lowest BCUT2D eigenvalue weighted by Gasteiger charge is -2.23. The van der Waals surface area contributed by atoms with Gasteiger partial charge in [-0.25, -0.2) is 9.97 Å². The van der Waals surface area contributed by atoms with Crippen LogP contribution in [0.3, 0.4) is 0 Å². The highest BCUT2D eigenvalue weighted by molar-refractivity contribution is 7.09. The molecule has 118 valence electrons. The number of rotatable bonds is 5. The molecule has 0 radical (unpaired) electrons. The van der Waals surface area contributed by atoms with Gasteiger partial charge in [-0.3, -0.25) is 9.58 Å². The van der Waals surface area contributed by atoms with Crippen molar-refractivity contribution in [1.82, 2.24) is 24.6 Å². The maximum atomic E-state index is 4.93. The molecular weight excluding hydrogens is 294 g/mol. The predicted octanol–water partition coefficient (Wildman–Crippen LogP) is 3.06. The smallest absolute Gasteiger partial charge is 0.137 e. The summed E-state index contributed by atoms with van der Waals surface area (Å²) >= 11 is 1.87. The zero-order valence-electron chi connectivity index (χ0n) is 12.9. The Hall–Kier alpha value is -1.27. The lowest BCUT2D eigenvalue weighted by molar-refractivity contribution is 0.217. The van der Waals surface area contributed by atoms with Crippen molar-refractivity contribution in [2.24, 2.45) is 0 Å².